The zero-order chi connectivity index (χ0) is 12.6. The van der Waals surface area contributed by atoms with Crippen LogP contribution in [0.4, 0.5) is 0 Å². The van der Waals surface area contributed by atoms with Gasteiger partial charge in [-0.1, -0.05) is 6.92 Å². The molecule has 0 amide bonds. The number of nitrogens with zero attached hydrogens (tertiary/aromatic N) is 2. The van der Waals surface area contributed by atoms with E-state index in [-0.39, 0.29) is 0 Å². The highest BCUT2D eigenvalue weighted by Crippen LogP contribution is 2.07. The van der Waals surface area contributed by atoms with Crippen LogP contribution in [0.25, 0.3) is 0 Å². The van der Waals surface area contributed by atoms with E-state index >= 15 is 0 Å². The summed E-state index contributed by atoms with van der Waals surface area (Å²) < 4.78 is 0. The van der Waals surface area contributed by atoms with Crippen molar-refractivity contribution in [2.24, 2.45) is 0 Å². The van der Waals surface area contributed by atoms with Gasteiger partial charge in [-0.15, -0.1) is 0 Å². The number of hydrogen-bond donors (Lipinski definition) is 1. The van der Waals surface area contributed by atoms with Crippen LogP contribution in [0.3, 0.4) is 0 Å². The van der Waals surface area contributed by atoms with Crippen LogP contribution in [0.2, 0.25) is 0 Å². The Morgan fingerprint density at radius 1 is 1.12 bits per heavy atom. The second-order valence-electron chi connectivity index (χ2n) is 5.06. The predicted octanol–water partition coefficient (Wildman–Crippen LogP) is 1.65. The first-order valence-corrected chi connectivity index (χ1v) is 6.57. The first kappa shape index (κ1) is 15.9. The van der Waals surface area contributed by atoms with E-state index in [1.807, 2.05) is 7.05 Å². The molecule has 0 aliphatic carbocycles. The molecule has 0 saturated carbocycles. The third kappa shape index (κ3) is 7.20. The lowest BCUT2D eigenvalue weighted by Crippen LogP contribution is -2.39. The minimum absolute atomic E-state index is 0.609. The normalized spacial score (nSPS) is 15.8. The van der Waals surface area contributed by atoms with Crippen molar-refractivity contribution in [2.45, 2.75) is 45.7 Å². The van der Waals surface area contributed by atoms with Crippen LogP contribution < -0.4 is 5.32 Å². The quantitative estimate of drug-likeness (QED) is 0.648. The van der Waals surface area contributed by atoms with Gasteiger partial charge in [-0.25, -0.2) is 0 Å². The molecule has 3 heteroatoms. The summed E-state index contributed by atoms with van der Waals surface area (Å²) in [6.07, 6.45) is 2.49. The standard InChI is InChI=1S/C13H31N3/c1-7-16(10-8-9-15(5)6)13(3)11-12(2)14-4/h12-14H,7-11H2,1-6H3. The van der Waals surface area contributed by atoms with Gasteiger partial charge in [0.1, 0.15) is 0 Å². The highest BCUT2D eigenvalue weighted by Gasteiger charge is 2.13. The predicted molar refractivity (Wildman–Crippen MR) is 73.0 cm³/mol. The lowest BCUT2D eigenvalue weighted by Gasteiger charge is -2.30. The zero-order valence-electron chi connectivity index (χ0n) is 12.1. The molecule has 0 aliphatic rings. The minimum Gasteiger partial charge on any atom is -0.317 e. The first-order valence-electron chi connectivity index (χ1n) is 6.57. The molecule has 0 spiro atoms. The van der Waals surface area contributed by atoms with E-state index < -0.39 is 0 Å². The van der Waals surface area contributed by atoms with Crippen molar-refractivity contribution in [3.8, 4) is 0 Å². The summed E-state index contributed by atoms with van der Waals surface area (Å²) in [6, 6.07) is 1.28. The Morgan fingerprint density at radius 2 is 1.75 bits per heavy atom. The van der Waals surface area contributed by atoms with Crippen molar-refractivity contribution < 1.29 is 0 Å². The average Bonchev–Trinajstić information content (AvgIpc) is 2.23. The molecule has 16 heavy (non-hydrogen) atoms. The van der Waals surface area contributed by atoms with Crippen LogP contribution in [0.5, 0.6) is 0 Å². The Hall–Kier alpha value is -0.120. The Morgan fingerprint density at radius 3 is 2.19 bits per heavy atom. The molecule has 1 N–H and O–H groups in total. The second-order valence-corrected chi connectivity index (χ2v) is 5.06. The zero-order valence-corrected chi connectivity index (χ0v) is 12.1. The van der Waals surface area contributed by atoms with Gasteiger partial charge < -0.3 is 15.1 Å². The second kappa shape index (κ2) is 8.97. The van der Waals surface area contributed by atoms with Gasteiger partial charge in [-0.3, -0.25) is 0 Å². The molecule has 0 saturated heterocycles. The van der Waals surface area contributed by atoms with Gasteiger partial charge >= 0.3 is 0 Å². The van der Waals surface area contributed by atoms with E-state index in [1.54, 1.807) is 0 Å². The average molecular weight is 229 g/mol. The molecule has 2 unspecified atom stereocenters. The molecule has 0 aromatic carbocycles. The van der Waals surface area contributed by atoms with Gasteiger partial charge in [0.25, 0.3) is 0 Å². The first-order chi connectivity index (χ1) is 7.51. The Labute approximate surface area is 102 Å². The van der Waals surface area contributed by atoms with Crippen LogP contribution in [-0.4, -0.2) is 62.7 Å². The molecule has 0 rings (SSSR count). The van der Waals surface area contributed by atoms with E-state index in [9.17, 15) is 0 Å². The number of nitrogens with one attached hydrogen (secondary N) is 1. The molecule has 98 valence electrons. The van der Waals surface area contributed by atoms with Crippen LogP contribution in [-0.2, 0) is 0 Å². The van der Waals surface area contributed by atoms with E-state index in [0.717, 1.165) is 6.54 Å². The number of rotatable bonds is 9. The summed E-state index contributed by atoms with van der Waals surface area (Å²) in [5, 5.41) is 3.31. The molecule has 0 aliphatic heterocycles. The summed E-state index contributed by atoms with van der Waals surface area (Å²) in [5.74, 6) is 0. The van der Waals surface area contributed by atoms with Crippen molar-refractivity contribution in [3.05, 3.63) is 0 Å². The summed E-state index contributed by atoms with van der Waals surface area (Å²) in [4.78, 5) is 4.84. The van der Waals surface area contributed by atoms with Gasteiger partial charge in [0.15, 0.2) is 0 Å². The van der Waals surface area contributed by atoms with Gasteiger partial charge in [-0.2, -0.15) is 0 Å². The molecule has 0 heterocycles. The van der Waals surface area contributed by atoms with Crippen molar-refractivity contribution >= 4 is 0 Å². The monoisotopic (exact) mass is 229 g/mol. The minimum atomic E-state index is 0.609. The molecule has 0 bridgehead atoms. The fraction of sp³-hybridized carbons (Fsp3) is 1.00. The van der Waals surface area contributed by atoms with Crippen LogP contribution >= 0.6 is 0 Å². The SMILES string of the molecule is CCN(CCCN(C)C)C(C)CC(C)NC. The fourth-order valence-electron chi connectivity index (χ4n) is 2.06. The van der Waals surface area contributed by atoms with Crippen molar-refractivity contribution in [1.82, 2.24) is 15.1 Å². The topological polar surface area (TPSA) is 18.5 Å². The van der Waals surface area contributed by atoms with Gasteiger partial charge in [0, 0.05) is 12.1 Å². The summed E-state index contributed by atoms with van der Waals surface area (Å²) in [5.41, 5.74) is 0. The maximum Gasteiger partial charge on any atom is 0.00815 e. The fourth-order valence-corrected chi connectivity index (χ4v) is 2.06. The molecule has 0 radical (unpaired) electrons. The highest BCUT2D eigenvalue weighted by atomic mass is 15.2. The molecule has 0 aromatic rings. The number of hydrogen-bond acceptors (Lipinski definition) is 3. The third-order valence-electron chi connectivity index (χ3n) is 3.27. The van der Waals surface area contributed by atoms with Crippen molar-refractivity contribution in [1.29, 1.82) is 0 Å². The Bertz CT molecular complexity index is 159. The van der Waals surface area contributed by atoms with Gasteiger partial charge in [0.2, 0.25) is 0 Å². The summed E-state index contributed by atoms with van der Waals surface area (Å²) >= 11 is 0. The summed E-state index contributed by atoms with van der Waals surface area (Å²) in [6.45, 7) is 10.4. The van der Waals surface area contributed by atoms with Gasteiger partial charge in [0.05, 0.1) is 0 Å². The van der Waals surface area contributed by atoms with Crippen molar-refractivity contribution in [2.75, 3.05) is 40.8 Å². The lowest BCUT2D eigenvalue weighted by molar-refractivity contribution is 0.190. The van der Waals surface area contributed by atoms with Gasteiger partial charge in [-0.05, 0) is 67.5 Å². The molecule has 0 aromatic heterocycles. The van der Waals surface area contributed by atoms with Crippen LogP contribution in [0, 0.1) is 0 Å². The molecule has 0 fully saturated rings. The maximum absolute atomic E-state index is 3.31. The van der Waals surface area contributed by atoms with Crippen molar-refractivity contribution in [3.63, 3.8) is 0 Å². The lowest BCUT2D eigenvalue weighted by atomic mass is 10.1. The molecular formula is C13H31N3. The van der Waals surface area contributed by atoms with Crippen LogP contribution in [0.15, 0.2) is 0 Å². The van der Waals surface area contributed by atoms with E-state index in [4.69, 9.17) is 0 Å². The third-order valence-corrected chi connectivity index (χ3v) is 3.27. The van der Waals surface area contributed by atoms with E-state index in [2.05, 4.69) is 50.0 Å². The Balaban J connectivity index is 3.87. The highest BCUT2D eigenvalue weighted by molar-refractivity contribution is 4.71. The molecule has 2 atom stereocenters. The van der Waals surface area contributed by atoms with E-state index in [0.29, 0.717) is 12.1 Å². The maximum atomic E-state index is 3.31. The molecule has 3 nitrogen and oxygen atoms in total. The Kier molecular flexibility index (Phi) is 8.90. The molecular weight excluding hydrogens is 198 g/mol. The van der Waals surface area contributed by atoms with E-state index in [1.165, 1.54) is 25.9 Å². The van der Waals surface area contributed by atoms with Crippen LogP contribution in [0.1, 0.15) is 33.6 Å². The summed E-state index contributed by atoms with van der Waals surface area (Å²) in [7, 11) is 6.32. The smallest absolute Gasteiger partial charge is 0.00815 e. The largest absolute Gasteiger partial charge is 0.317 e.